The van der Waals surface area contributed by atoms with Gasteiger partial charge < -0.3 is 20.9 Å². The third kappa shape index (κ3) is 4.80. The molecular formula is C13H24N2O4. The van der Waals surface area contributed by atoms with E-state index in [0.29, 0.717) is 32.3 Å². The number of rotatable bonds is 7. The molecule has 0 bridgehead atoms. The number of carboxylic acids is 1. The van der Waals surface area contributed by atoms with Crippen molar-refractivity contribution in [3.63, 3.8) is 0 Å². The Hall–Kier alpha value is -1.14. The Morgan fingerprint density at radius 1 is 1.37 bits per heavy atom. The molecule has 1 saturated carbocycles. The van der Waals surface area contributed by atoms with Crippen molar-refractivity contribution >= 4 is 11.9 Å². The van der Waals surface area contributed by atoms with E-state index in [4.69, 9.17) is 15.6 Å². The molecule has 0 heterocycles. The minimum atomic E-state index is -1.02. The van der Waals surface area contributed by atoms with Crippen molar-refractivity contribution in [3.8, 4) is 0 Å². The molecule has 1 amide bonds. The molecule has 0 aromatic heterocycles. The van der Waals surface area contributed by atoms with E-state index in [1.54, 1.807) is 7.11 Å². The third-order valence-electron chi connectivity index (χ3n) is 3.64. The van der Waals surface area contributed by atoms with Crippen LogP contribution >= 0.6 is 0 Å². The van der Waals surface area contributed by atoms with E-state index in [9.17, 15) is 9.59 Å². The monoisotopic (exact) mass is 272 g/mol. The first-order valence-electron chi connectivity index (χ1n) is 6.81. The molecule has 0 aliphatic heterocycles. The van der Waals surface area contributed by atoms with Crippen LogP contribution in [0.4, 0.5) is 0 Å². The molecule has 0 aromatic carbocycles. The fraction of sp³-hybridized carbons (Fsp3) is 0.846. The Morgan fingerprint density at radius 2 is 2.00 bits per heavy atom. The number of nitrogens with two attached hydrogens (primary N) is 1. The fourth-order valence-electron chi connectivity index (χ4n) is 2.40. The van der Waals surface area contributed by atoms with Crippen LogP contribution in [0.5, 0.6) is 0 Å². The average Bonchev–Trinajstić information content (AvgIpc) is 2.38. The van der Waals surface area contributed by atoms with Crippen LogP contribution in [0.15, 0.2) is 0 Å². The fourth-order valence-corrected chi connectivity index (χ4v) is 2.40. The maximum Gasteiger partial charge on any atom is 0.326 e. The quantitative estimate of drug-likeness (QED) is 0.590. The molecule has 1 aliphatic carbocycles. The summed E-state index contributed by atoms with van der Waals surface area (Å²) in [6.45, 7) is 0.480. The predicted octanol–water partition coefficient (Wildman–Crippen LogP) is 0.644. The molecule has 1 fully saturated rings. The van der Waals surface area contributed by atoms with Crippen molar-refractivity contribution in [2.24, 2.45) is 5.73 Å². The molecule has 0 spiro atoms. The van der Waals surface area contributed by atoms with Crippen LogP contribution < -0.4 is 11.1 Å². The first-order chi connectivity index (χ1) is 8.99. The number of nitrogens with one attached hydrogen (secondary N) is 1. The highest BCUT2D eigenvalue weighted by molar-refractivity contribution is 5.90. The van der Waals surface area contributed by atoms with Gasteiger partial charge in [-0.05, 0) is 25.7 Å². The summed E-state index contributed by atoms with van der Waals surface area (Å²) < 4.78 is 4.88. The number of carboxylic acid groups (broad SMARTS) is 1. The van der Waals surface area contributed by atoms with Gasteiger partial charge in [-0.2, -0.15) is 0 Å². The van der Waals surface area contributed by atoms with Crippen molar-refractivity contribution in [1.29, 1.82) is 0 Å². The van der Waals surface area contributed by atoms with Gasteiger partial charge in [-0.3, -0.25) is 4.79 Å². The Labute approximate surface area is 113 Å². The standard InChI is InChI=1S/C13H24N2O4/c1-19-9-5-6-10(11(16)17)15-12(18)13(14)7-3-2-4-8-13/h10H,2-9,14H2,1H3,(H,15,18)(H,16,17). The number of carbonyl (C=O) groups is 2. The SMILES string of the molecule is COCCCC(NC(=O)C1(N)CCCCC1)C(=O)O. The van der Waals surface area contributed by atoms with Crippen molar-refractivity contribution < 1.29 is 19.4 Å². The minimum absolute atomic E-state index is 0.336. The second-order valence-corrected chi connectivity index (χ2v) is 5.22. The smallest absolute Gasteiger partial charge is 0.326 e. The van der Waals surface area contributed by atoms with Crippen LogP contribution in [0.3, 0.4) is 0 Å². The normalized spacial score (nSPS) is 19.7. The molecule has 0 radical (unpaired) electrons. The number of ether oxygens (including phenoxy) is 1. The summed E-state index contributed by atoms with van der Waals surface area (Å²) in [7, 11) is 1.56. The van der Waals surface area contributed by atoms with Gasteiger partial charge in [0.2, 0.25) is 5.91 Å². The molecule has 0 saturated heterocycles. The lowest BCUT2D eigenvalue weighted by Gasteiger charge is -2.32. The summed E-state index contributed by atoms with van der Waals surface area (Å²) in [4.78, 5) is 23.3. The molecule has 6 nitrogen and oxygen atoms in total. The molecular weight excluding hydrogens is 248 g/mol. The molecule has 19 heavy (non-hydrogen) atoms. The summed E-state index contributed by atoms with van der Waals surface area (Å²) in [5.41, 5.74) is 5.18. The van der Waals surface area contributed by atoms with Crippen molar-refractivity contribution in [3.05, 3.63) is 0 Å². The molecule has 1 aliphatic rings. The summed E-state index contributed by atoms with van der Waals surface area (Å²) in [6, 6.07) is -0.884. The second kappa shape index (κ2) is 7.45. The Bertz CT molecular complexity index is 314. The Kier molecular flexibility index (Phi) is 6.24. The molecule has 4 N–H and O–H groups in total. The van der Waals surface area contributed by atoms with Gasteiger partial charge >= 0.3 is 5.97 Å². The average molecular weight is 272 g/mol. The minimum Gasteiger partial charge on any atom is -0.480 e. The highest BCUT2D eigenvalue weighted by Gasteiger charge is 2.37. The van der Waals surface area contributed by atoms with E-state index in [1.807, 2.05) is 0 Å². The van der Waals surface area contributed by atoms with Crippen LogP contribution in [0.2, 0.25) is 0 Å². The van der Waals surface area contributed by atoms with Crippen molar-refractivity contribution in [2.75, 3.05) is 13.7 Å². The number of aliphatic carboxylic acids is 1. The summed E-state index contributed by atoms with van der Waals surface area (Å²) in [5, 5.41) is 11.7. The highest BCUT2D eigenvalue weighted by Crippen LogP contribution is 2.26. The van der Waals surface area contributed by atoms with Gasteiger partial charge in [-0.1, -0.05) is 19.3 Å². The van der Waals surface area contributed by atoms with Crippen LogP contribution in [0, 0.1) is 0 Å². The van der Waals surface area contributed by atoms with Gasteiger partial charge in [0.25, 0.3) is 0 Å². The molecule has 6 heteroatoms. The zero-order valence-electron chi connectivity index (χ0n) is 11.5. The van der Waals surface area contributed by atoms with Crippen LogP contribution in [-0.2, 0) is 14.3 Å². The first-order valence-corrected chi connectivity index (χ1v) is 6.81. The van der Waals surface area contributed by atoms with E-state index < -0.39 is 17.6 Å². The van der Waals surface area contributed by atoms with Crippen molar-refractivity contribution in [1.82, 2.24) is 5.32 Å². The van der Waals surface area contributed by atoms with Gasteiger partial charge in [-0.25, -0.2) is 4.79 Å². The summed E-state index contributed by atoms with van der Waals surface area (Å²) in [5.74, 6) is -1.36. The Morgan fingerprint density at radius 3 is 2.53 bits per heavy atom. The third-order valence-corrected chi connectivity index (χ3v) is 3.64. The number of hydrogen-bond donors (Lipinski definition) is 3. The molecule has 1 unspecified atom stereocenters. The van der Waals surface area contributed by atoms with E-state index in [0.717, 1.165) is 19.3 Å². The van der Waals surface area contributed by atoms with Gasteiger partial charge in [0.05, 0.1) is 5.54 Å². The first kappa shape index (κ1) is 15.9. The van der Waals surface area contributed by atoms with Crippen LogP contribution in [0.25, 0.3) is 0 Å². The molecule has 110 valence electrons. The van der Waals surface area contributed by atoms with Gasteiger partial charge in [-0.15, -0.1) is 0 Å². The molecule has 1 rings (SSSR count). The van der Waals surface area contributed by atoms with E-state index in [-0.39, 0.29) is 5.91 Å². The lowest BCUT2D eigenvalue weighted by Crippen LogP contribution is -2.58. The Balaban J connectivity index is 2.52. The summed E-state index contributed by atoms with van der Waals surface area (Å²) in [6.07, 6.45) is 5.13. The second-order valence-electron chi connectivity index (χ2n) is 5.22. The topological polar surface area (TPSA) is 102 Å². The maximum atomic E-state index is 12.1. The lowest BCUT2D eigenvalue weighted by molar-refractivity contribution is -0.143. The number of hydrogen-bond acceptors (Lipinski definition) is 4. The van der Waals surface area contributed by atoms with Gasteiger partial charge in [0.1, 0.15) is 6.04 Å². The molecule has 1 atom stereocenters. The van der Waals surface area contributed by atoms with Gasteiger partial charge in [0, 0.05) is 13.7 Å². The number of amides is 1. The lowest BCUT2D eigenvalue weighted by atomic mass is 9.81. The molecule has 0 aromatic rings. The van der Waals surface area contributed by atoms with E-state index >= 15 is 0 Å². The number of methoxy groups -OCH3 is 1. The van der Waals surface area contributed by atoms with E-state index in [1.165, 1.54) is 0 Å². The highest BCUT2D eigenvalue weighted by atomic mass is 16.5. The van der Waals surface area contributed by atoms with Crippen LogP contribution in [-0.4, -0.2) is 42.3 Å². The zero-order chi connectivity index (χ0) is 14.3. The van der Waals surface area contributed by atoms with Crippen molar-refractivity contribution in [2.45, 2.75) is 56.5 Å². The summed E-state index contributed by atoms with van der Waals surface area (Å²) >= 11 is 0. The number of carbonyl (C=O) groups excluding carboxylic acids is 1. The zero-order valence-corrected chi connectivity index (χ0v) is 11.5. The maximum absolute atomic E-state index is 12.1. The van der Waals surface area contributed by atoms with Gasteiger partial charge in [0.15, 0.2) is 0 Å². The van der Waals surface area contributed by atoms with E-state index in [2.05, 4.69) is 5.32 Å². The largest absolute Gasteiger partial charge is 0.480 e. The van der Waals surface area contributed by atoms with Crippen LogP contribution in [0.1, 0.15) is 44.9 Å². The predicted molar refractivity (Wildman–Crippen MR) is 70.7 cm³/mol.